The fourth-order valence-electron chi connectivity index (χ4n) is 3.02. The Hall–Kier alpha value is -1.53. The Balaban J connectivity index is 0.00000280. The second-order valence-electron chi connectivity index (χ2n) is 7.17. The Morgan fingerprint density at radius 2 is 1.93 bits per heavy atom. The van der Waals surface area contributed by atoms with Crippen molar-refractivity contribution in [1.82, 2.24) is 0 Å². The summed E-state index contributed by atoms with van der Waals surface area (Å²) in [6.45, 7) is 4.43. The molecule has 0 aromatic heterocycles. The molecule has 4 nitrogen and oxygen atoms in total. The number of benzene rings is 2. The van der Waals surface area contributed by atoms with Gasteiger partial charge in [-0.15, -0.1) is 24.2 Å². The average Bonchev–Trinajstić information content (AvgIpc) is 2.74. The van der Waals surface area contributed by atoms with Crippen LogP contribution in [0.1, 0.15) is 36.2 Å². The van der Waals surface area contributed by atoms with Crippen molar-refractivity contribution in [3.8, 4) is 0 Å². The van der Waals surface area contributed by atoms with Crippen molar-refractivity contribution in [2.24, 2.45) is 11.7 Å². The molecule has 0 unspecified atom stereocenters. The van der Waals surface area contributed by atoms with Crippen LogP contribution in [0.15, 0.2) is 47.4 Å². The molecule has 28 heavy (non-hydrogen) atoms. The van der Waals surface area contributed by atoms with E-state index in [2.05, 4.69) is 0 Å². The van der Waals surface area contributed by atoms with E-state index in [9.17, 15) is 9.59 Å². The summed E-state index contributed by atoms with van der Waals surface area (Å²) in [4.78, 5) is 28.1. The number of halogens is 2. The standard InChI is InChI=1S/C21H23ClN2O2S.ClH/c1-13(2)9-19(25)15-5-8-20-18(10-15)24(21(26)17(23)12-27-20)11-14-3-6-16(22)7-4-14;/h3-8,10,13,17H,9,11-12,23H2,1-2H3;1H/t17-;/m0./s1. The minimum Gasteiger partial charge on any atom is -0.319 e. The molecule has 2 aromatic carbocycles. The summed E-state index contributed by atoms with van der Waals surface area (Å²) in [5.41, 5.74) is 8.43. The van der Waals surface area contributed by atoms with E-state index in [1.54, 1.807) is 28.8 Å². The number of carbonyl (C=O) groups excluding carboxylic acids is 2. The molecule has 1 aliphatic heterocycles. The summed E-state index contributed by atoms with van der Waals surface area (Å²) in [5.74, 6) is 0.753. The third kappa shape index (κ3) is 5.29. The van der Waals surface area contributed by atoms with Crippen LogP contribution < -0.4 is 10.6 Å². The molecule has 0 spiro atoms. The Bertz CT molecular complexity index is 856. The van der Waals surface area contributed by atoms with Crippen molar-refractivity contribution in [3.63, 3.8) is 0 Å². The second kappa shape index (κ2) is 9.79. The Morgan fingerprint density at radius 1 is 1.25 bits per heavy atom. The topological polar surface area (TPSA) is 63.4 Å². The van der Waals surface area contributed by atoms with Gasteiger partial charge in [0.2, 0.25) is 5.91 Å². The van der Waals surface area contributed by atoms with E-state index in [-0.39, 0.29) is 30.0 Å². The van der Waals surface area contributed by atoms with Crippen LogP contribution in [0.2, 0.25) is 5.02 Å². The quantitative estimate of drug-likeness (QED) is 0.670. The molecule has 150 valence electrons. The van der Waals surface area contributed by atoms with Crippen molar-refractivity contribution in [2.75, 3.05) is 10.7 Å². The largest absolute Gasteiger partial charge is 0.319 e. The number of carbonyl (C=O) groups is 2. The van der Waals surface area contributed by atoms with Crippen LogP contribution in [0.25, 0.3) is 0 Å². The minimum atomic E-state index is -0.579. The number of rotatable bonds is 5. The number of thioether (sulfide) groups is 1. The van der Waals surface area contributed by atoms with E-state index in [0.29, 0.717) is 29.3 Å². The Kier molecular flexibility index (Phi) is 7.96. The number of ketones is 1. The van der Waals surface area contributed by atoms with Gasteiger partial charge in [0.1, 0.15) is 0 Å². The highest BCUT2D eigenvalue weighted by Crippen LogP contribution is 2.36. The maximum absolute atomic E-state index is 12.9. The fraction of sp³-hybridized carbons (Fsp3) is 0.333. The fourth-order valence-corrected chi connectivity index (χ4v) is 4.13. The van der Waals surface area contributed by atoms with Crippen LogP contribution in [-0.4, -0.2) is 23.5 Å². The maximum Gasteiger partial charge on any atom is 0.245 e. The van der Waals surface area contributed by atoms with Gasteiger partial charge in [-0.2, -0.15) is 0 Å². The lowest BCUT2D eigenvalue weighted by Gasteiger charge is -2.25. The van der Waals surface area contributed by atoms with Gasteiger partial charge in [0.15, 0.2) is 5.78 Å². The number of hydrogen-bond acceptors (Lipinski definition) is 4. The lowest BCUT2D eigenvalue weighted by atomic mass is 10.0. The summed E-state index contributed by atoms with van der Waals surface area (Å²) in [5, 5.41) is 0.648. The normalized spacial score (nSPS) is 16.4. The number of hydrogen-bond donors (Lipinski definition) is 1. The van der Waals surface area contributed by atoms with Crippen LogP contribution in [0.5, 0.6) is 0 Å². The van der Waals surface area contributed by atoms with Crippen LogP contribution in [0.3, 0.4) is 0 Å². The Morgan fingerprint density at radius 3 is 2.57 bits per heavy atom. The van der Waals surface area contributed by atoms with Crippen molar-refractivity contribution in [2.45, 2.75) is 37.8 Å². The summed E-state index contributed by atoms with van der Waals surface area (Å²) < 4.78 is 0. The average molecular weight is 439 g/mol. The minimum absolute atomic E-state index is 0. The first-order valence-electron chi connectivity index (χ1n) is 8.96. The molecule has 1 amide bonds. The molecule has 1 atom stereocenters. The highest BCUT2D eigenvalue weighted by atomic mass is 35.5. The maximum atomic E-state index is 12.9. The zero-order valence-electron chi connectivity index (χ0n) is 15.9. The molecule has 0 radical (unpaired) electrons. The number of nitrogens with zero attached hydrogens (tertiary/aromatic N) is 1. The third-order valence-corrected chi connectivity index (χ3v) is 5.85. The molecule has 1 aliphatic rings. The molecule has 2 aromatic rings. The van der Waals surface area contributed by atoms with Crippen molar-refractivity contribution in [1.29, 1.82) is 0 Å². The summed E-state index contributed by atoms with van der Waals surface area (Å²) in [6.07, 6.45) is 0.483. The number of amides is 1. The van der Waals surface area contributed by atoms with Gasteiger partial charge in [0.05, 0.1) is 18.3 Å². The van der Waals surface area contributed by atoms with E-state index in [1.165, 1.54) is 0 Å². The predicted octanol–water partition coefficient (Wildman–Crippen LogP) is 4.96. The summed E-state index contributed by atoms with van der Waals surface area (Å²) in [7, 11) is 0. The summed E-state index contributed by atoms with van der Waals surface area (Å²) >= 11 is 7.52. The lowest BCUT2D eigenvalue weighted by molar-refractivity contribution is -0.119. The van der Waals surface area contributed by atoms with Gasteiger partial charge in [0.25, 0.3) is 0 Å². The molecule has 2 N–H and O–H groups in total. The van der Waals surface area contributed by atoms with Crippen LogP contribution in [0, 0.1) is 5.92 Å². The van der Waals surface area contributed by atoms with Gasteiger partial charge < -0.3 is 10.6 Å². The SMILES string of the molecule is CC(C)CC(=O)c1ccc2c(c1)N(Cc1ccc(Cl)cc1)C(=O)[C@@H](N)CS2.Cl. The first-order chi connectivity index (χ1) is 12.8. The van der Waals surface area contributed by atoms with Gasteiger partial charge in [-0.05, 0) is 35.7 Å². The molecule has 3 rings (SSSR count). The monoisotopic (exact) mass is 438 g/mol. The van der Waals surface area contributed by atoms with Crippen LogP contribution in [0.4, 0.5) is 5.69 Å². The van der Waals surface area contributed by atoms with E-state index in [0.717, 1.165) is 16.1 Å². The number of anilines is 1. The molecule has 0 bridgehead atoms. The van der Waals surface area contributed by atoms with Crippen molar-refractivity contribution >= 4 is 53.1 Å². The molecular formula is C21H24Cl2N2O2S. The first-order valence-corrected chi connectivity index (χ1v) is 10.3. The first kappa shape index (κ1) is 22.8. The van der Waals surface area contributed by atoms with E-state index in [4.69, 9.17) is 17.3 Å². The van der Waals surface area contributed by atoms with Gasteiger partial charge in [0, 0.05) is 27.7 Å². The molecule has 7 heteroatoms. The van der Waals surface area contributed by atoms with Crippen LogP contribution >= 0.6 is 35.8 Å². The molecule has 0 saturated heterocycles. The summed E-state index contributed by atoms with van der Waals surface area (Å²) in [6, 6.07) is 12.4. The van der Waals surface area contributed by atoms with Gasteiger partial charge in [-0.1, -0.05) is 43.6 Å². The molecular weight excluding hydrogens is 415 g/mol. The lowest BCUT2D eigenvalue weighted by Crippen LogP contribution is -2.44. The van der Waals surface area contributed by atoms with Crippen molar-refractivity contribution < 1.29 is 9.59 Å². The van der Waals surface area contributed by atoms with E-state index >= 15 is 0 Å². The number of nitrogens with two attached hydrogens (primary N) is 1. The van der Waals surface area contributed by atoms with Gasteiger partial charge in [-0.3, -0.25) is 9.59 Å². The third-order valence-electron chi connectivity index (χ3n) is 4.42. The molecule has 0 aliphatic carbocycles. The van der Waals surface area contributed by atoms with Gasteiger partial charge >= 0.3 is 0 Å². The van der Waals surface area contributed by atoms with Gasteiger partial charge in [-0.25, -0.2) is 0 Å². The van der Waals surface area contributed by atoms with E-state index < -0.39 is 6.04 Å². The highest BCUT2D eigenvalue weighted by molar-refractivity contribution is 7.99. The van der Waals surface area contributed by atoms with Crippen LogP contribution in [-0.2, 0) is 11.3 Å². The highest BCUT2D eigenvalue weighted by Gasteiger charge is 2.29. The van der Waals surface area contributed by atoms with Crippen molar-refractivity contribution in [3.05, 3.63) is 58.6 Å². The zero-order chi connectivity index (χ0) is 19.6. The Labute approximate surface area is 181 Å². The zero-order valence-corrected chi connectivity index (χ0v) is 18.2. The molecule has 1 heterocycles. The smallest absolute Gasteiger partial charge is 0.245 e. The molecule has 0 saturated carbocycles. The van der Waals surface area contributed by atoms with E-state index in [1.807, 2.05) is 44.2 Å². The second-order valence-corrected chi connectivity index (χ2v) is 8.67. The number of fused-ring (bicyclic) bond motifs is 1. The predicted molar refractivity (Wildman–Crippen MR) is 119 cm³/mol. The molecule has 0 fully saturated rings. The number of Topliss-reactive ketones (excluding diaryl/α,β-unsaturated/α-hetero) is 1.